The topological polar surface area (TPSA) is 49.8 Å². The van der Waals surface area contributed by atoms with Crippen molar-refractivity contribution in [2.24, 2.45) is 0 Å². The third-order valence-electron chi connectivity index (χ3n) is 2.87. The van der Waals surface area contributed by atoms with Crippen molar-refractivity contribution in [2.75, 3.05) is 17.2 Å². The van der Waals surface area contributed by atoms with Crippen LogP contribution < -0.4 is 10.6 Å². The Morgan fingerprint density at radius 3 is 2.24 bits per heavy atom. The Morgan fingerprint density at radius 1 is 1.05 bits per heavy atom. The third-order valence-corrected chi connectivity index (χ3v) is 3.40. The van der Waals surface area contributed by atoms with E-state index in [9.17, 15) is 0 Å². The van der Waals surface area contributed by atoms with Gasteiger partial charge in [-0.25, -0.2) is 9.97 Å². The van der Waals surface area contributed by atoms with Crippen LogP contribution in [0.25, 0.3) is 0 Å². The van der Waals surface area contributed by atoms with Gasteiger partial charge in [-0.3, -0.25) is 0 Å². The molecule has 1 aromatic carbocycles. The molecule has 0 atom stereocenters. The molecule has 0 aliphatic heterocycles. The minimum absolute atomic E-state index is 0.0957. The van der Waals surface area contributed by atoms with Crippen molar-refractivity contribution in [2.45, 2.75) is 33.1 Å². The van der Waals surface area contributed by atoms with Crippen molar-refractivity contribution in [1.82, 2.24) is 9.97 Å². The molecular weight excluding hydrogens is 328 g/mol. The zero-order valence-corrected chi connectivity index (χ0v) is 14.5. The zero-order valence-electron chi connectivity index (χ0n) is 12.9. The lowest BCUT2D eigenvalue weighted by atomic mass is 9.96. The van der Waals surface area contributed by atoms with Gasteiger partial charge < -0.3 is 10.6 Å². The SMILES string of the molecule is CCNc1cc(Nc2ccc(Br)cc2)nc(C(C)(C)C)n1. The first-order chi connectivity index (χ1) is 9.88. The van der Waals surface area contributed by atoms with E-state index in [4.69, 9.17) is 0 Å². The Labute approximate surface area is 134 Å². The van der Waals surface area contributed by atoms with Gasteiger partial charge in [-0.1, -0.05) is 36.7 Å². The van der Waals surface area contributed by atoms with E-state index in [2.05, 4.69) is 64.2 Å². The number of hydrogen-bond donors (Lipinski definition) is 2. The smallest absolute Gasteiger partial charge is 0.138 e. The summed E-state index contributed by atoms with van der Waals surface area (Å²) in [4.78, 5) is 9.21. The van der Waals surface area contributed by atoms with Gasteiger partial charge in [-0.15, -0.1) is 0 Å². The summed E-state index contributed by atoms with van der Waals surface area (Å²) in [6, 6.07) is 9.95. The van der Waals surface area contributed by atoms with E-state index < -0.39 is 0 Å². The van der Waals surface area contributed by atoms with Crippen LogP contribution in [0.1, 0.15) is 33.5 Å². The number of nitrogens with zero attached hydrogens (tertiary/aromatic N) is 2. The molecule has 2 N–H and O–H groups in total. The molecule has 2 aromatic rings. The van der Waals surface area contributed by atoms with Crippen LogP contribution >= 0.6 is 15.9 Å². The van der Waals surface area contributed by atoms with Crippen molar-refractivity contribution in [1.29, 1.82) is 0 Å². The van der Waals surface area contributed by atoms with Crippen LogP contribution in [0.5, 0.6) is 0 Å². The summed E-state index contributed by atoms with van der Waals surface area (Å²) in [6.07, 6.45) is 0. The van der Waals surface area contributed by atoms with Crippen LogP contribution in [-0.2, 0) is 5.41 Å². The monoisotopic (exact) mass is 348 g/mol. The van der Waals surface area contributed by atoms with Gasteiger partial charge in [0, 0.05) is 28.2 Å². The maximum absolute atomic E-state index is 4.63. The second kappa shape index (κ2) is 6.43. The number of nitrogens with one attached hydrogen (secondary N) is 2. The normalized spacial score (nSPS) is 11.3. The molecule has 1 aromatic heterocycles. The van der Waals surface area contributed by atoms with Gasteiger partial charge in [0.1, 0.15) is 17.5 Å². The van der Waals surface area contributed by atoms with E-state index in [-0.39, 0.29) is 5.41 Å². The van der Waals surface area contributed by atoms with Gasteiger partial charge in [0.2, 0.25) is 0 Å². The molecule has 4 nitrogen and oxygen atoms in total. The Bertz CT molecular complexity index is 603. The summed E-state index contributed by atoms with van der Waals surface area (Å²) in [5, 5.41) is 6.59. The quantitative estimate of drug-likeness (QED) is 0.839. The largest absolute Gasteiger partial charge is 0.370 e. The van der Waals surface area contributed by atoms with Gasteiger partial charge in [0.15, 0.2) is 0 Å². The average Bonchev–Trinajstić information content (AvgIpc) is 2.41. The highest BCUT2D eigenvalue weighted by molar-refractivity contribution is 9.10. The fraction of sp³-hybridized carbons (Fsp3) is 0.375. The van der Waals surface area contributed by atoms with Gasteiger partial charge in [0.05, 0.1) is 0 Å². The van der Waals surface area contributed by atoms with Crippen molar-refractivity contribution >= 4 is 33.3 Å². The maximum atomic E-state index is 4.63. The van der Waals surface area contributed by atoms with E-state index in [1.165, 1.54) is 0 Å². The summed E-state index contributed by atoms with van der Waals surface area (Å²) in [6.45, 7) is 9.23. The zero-order chi connectivity index (χ0) is 15.5. The van der Waals surface area contributed by atoms with Crippen molar-refractivity contribution in [3.8, 4) is 0 Å². The number of rotatable bonds is 4. The Kier molecular flexibility index (Phi) is 4.83. The number of anilines is 3. The summed E-state index contributed by atoms with van der Waals surface area (Å²) >= 11 is 3.44. The molecule has 0 fully saturated rings. The van der Waals surface area contributed by atoms with Crippen LogP contribution in [0.15, 0.2) is 34.8 Å². The summed E-state index contributed by atoms with van der Waals surface area (Å²) in [5.41, 5.74) is 0.904. The predicted octanol–water partition coefficient (Wildman–Crippen LogP) is 4.71. The van der Waals surface area contributed by atoms with Gasteiger partial charge in [0.25, 0.3) is 0 Å². The molecule has 5 heteroatoms. The molecular formula is C16H21BrN4. The molecule has 0 saturated carbocycles. The molecule has 1 heterocycles. The molecule has 0 amide bonds. The Balaban J connectivity index is 2.33. The predicted molar refractivity (Wildman–Crippen MR) is 92.3 cm³/mol. The lowest BCUT2D eigenvalue weighted by molar-refractivity contribution is 0.547. The van der Waals surface area contributed by atoms with Crippen molar-refractivity contribution in [3.63, 3.8) is 0 Å². The highest BCUT2D eigenvalue weighted by Gasteiger charge is 2.19. The average molecular weight is 349 g/mol. The number of benzene rings is 1. The molecule has 0 saturated heterocycles. The Hall–Kier alpha value is -1.62. The number of halogens is 1. The van der Waals surface area contributed by atoms with Crippen LogP contribution in [0.3, 0.4) is 0 Å². The molecule has 0 aliphatic rings. The van der Waals surface area contributed by atoms with E-state index in [0.717, 1.165) is 34.2 Å². The minimum atomic E-state index is -0.0957. The highest BCUT2D eigenvalue weighted by Crippen LogP contribution is 2.24. The molecule has 21 heavy (non-hydrogen) atoms. The second-order valence-electron chi connectivity index (χ2n) is 5.87. The van der Waals surface area contributed by atoms with E-state index >= 15 is 0 Å². The summed E-state index contributed by atoms with van der Waals surface area (Å²) < 4.78 is 1.06. The molecule has 112 valence electrons. The first-order valence-corrected chi connectivity index (χ1v) is 7.84. The number of aromatic nitrogens is 2. The van der Waals surface area contributed by atoms with Crippen LogP contribution in [0, 0.1) is 0 Å². The first-order valence-electron chi connectivity index (χ1n) is 7.04. The molecule has 0 spiro atoms. The maximum Gasteiger partial charge on any atom is 0.138 e. The fourth-order valence-electron chi connectivity index (χ4n) is 1.80. The standard InChI is InChI=1S/C16H21BrN4/c1-5-18-13-10-14(21-15(20-13)16(2,3)4)19-12-8-6-11(17)7-9-12/h6-10H,5H2,1-4H3,(H2,18,19,20,21). The van der Waals surface area contributed by atoms with Crippen molar-refractivity contribution < 1.29 is 0 Å². The highest BCUT2D eigenvalue weighted by atomic mass is 79.9. The minimum Gasteiger partial charge on any atom is -0.370 e. The van der Waals surface area contributed by atoms with Gasteiger partial charge in [-0.2, -0.15) is 0 Å². The van der Waals surface area contributed by atoms with Crippen LogP contribution in [0.4, 0.5) is 17.3 Å². The fourth-order valence-corrected chi connectivity index (χ4v) is 2.06. The van der Waals surface area contributed by atoms with Crippen LogP contribution in [-0.4, -0.2) is 16.5 Å². The number of hydrogen-bond acceptors (Lipinski definition) is 4. The molecule has 0 bridgehead atoms. The first kappa shape index (κ1) is 15.8. The molecule has 2 rings (SSSR count). The Morgan fingerprint density at radius 2 is 1.67 bits per heavy atom. The van der Waals surface area contributed by atoms with E-state index in [1.807, 2.05) is 30.3 Å². The lowest BCUT2D eigenvalue weighted by Crippen LogP contribution is -2.18. The molecule has 0 aliphatic carbocycles. The van der Waals surface area contributed by atoms with E-state index in [1.54, 1.807) is 0 Å². The van der Waals surface area contributed by atoms with Gasteiger partial charge >= 0.3 is 0 Å². The lowest BCUT2D eigenvalue weighted by Gasteiger charge is -2.19. The molecule has 0 radical (unpaired) electrons. The molecule has 0 unspecified atom stereocenters. The summed E-state index contributed by atoms with van der Waals surface area (Å²) in [7, 11) is 0. The van der Waals surface area contributed by atoms with Crippen molar-refractivity contribution in [3.05, 3.63) is 40.6 Å². The van der Waals surface area contributed by atoms with Crippen LogP contribution in [0.2, 0.25) is 0 Å². The third kappa shape index (κ3) is 4.43. The van der Waals surface area contributed by atoms with Gasteiger partial charge in [-0.05, 0) is 31.2 Å². The van der Waals surface area contributed by atoms with E-state index in [0.29, 0.717) is 0 Å². The summed E-state index contributed by atoms with van der Waals surface area (Å²) in [5.74, 6) is 2.46. The second-order valence-corrected chi connectivity index (χ2v) is 6.79.